The van der Waals surface area contributed by atoms with Crippen LogP contribution in [-0.4, -0.2) is 16.3 Å². The fraction of sp³-hybridized carbons (Fsp3) is 0.400. The van der Waals surface area contributed by atoms with E-state index in [1.807, 2.05) is 0 Å². The summed E-state index contributed by atoms with van der Waals surface area (Å²) in [4.78, 5) is 0. The van der Waals surface area contributed by atoms with Crippen LogP contribution < -0.4 is 0 Å². The lowest BCUT2D eigenvalue weighted by Crippen LogP contribution is -2.09. The molecule has 0 fully saturated rings. The van der Waals surface area contributed by atoms with E-state index in [1.165, 1.54) is 13.0 Å². The van der Waals surface area contributed by atoms with Crippen molar-refractivity contribution in [2.24, 2.45) is 0 Å². The quantitative estimate of drug-likeness (QED) is 0.852. The number of phenolic OH excluding ortho intramolecular Hbond substituents is 1. The van der Waals surface area contributed by atoms with E-state index in [-0.39, 0.29) is 17.0 Å². The van der Waals surface area contributed by atoms with Gasteiger partial charge in [0.05, 0.1) is 16.7 Å². The molecule has 1 aromatic rings. The van der Waals surface area contributed by atoms with Gasteiger partial charge in [-0.25, -0.2) is 0 Å². The van der Waals surface area contributed by atoms with E-state index in [0.29, 0.717) is 0 Å². The van der Waals surface area contributed by atoms with Gasteiger partial charge in [0.15, 0.2) is 0 Å². The Hall–Kier alpha value is -0.940. The van der Waals surface area contributed by atoms with Crippen molar-refractivity contribution in [2.75, 3.05) is 0 Å². The van der Waals surface area contributed by atoms with Crippen LogP contribution in [0, 0.1) is 0 Å². The third-order valence-electron chi connectivity index (χ3n) is 1.96. The van der Waals surface area contributed by atoms with Crippen LogP contribution >= 0.6 is 11.6 Å². The third-order valence-corrected chi connectivity index (χ3v) is 2.25. The van der Waals surface area contributed by atoms with Crippen LogP contribution in [0.3, 0.4) is 0 Å². The number of hydrogen-bond acceptors (Lipinski definition) is 2. The highest BCUT2D eigenvalue weighted by atomic mass is 35.5. The minimum Gasteiger partial charge on any atom is -0.506 e. The third kappa shape index (κ3) is 3.02. The van der Waals surface area contributed by atoms with E-state index in [9.17, 15) is 18.3 Å². The summed E-state index contributed by atoms with van der Waals surface area (Å²) in [7, 11) is 0. The van der Waals surface area contributed by atoms with Crippen LogP contribution in [-0.2, 0) is 12.6 Å². The second kappa shape index (κ2) is 4.51. The Morgan fingerprint density at radius 2 is 1.94 bits per heavy atom. The van der Waals surface area contributed by atoms with Crippen LogP contribution in [0.5, 0.6) is 5.75 Å². The Morgan fingerprint density at radius 1 is 1.38 bits per heavy atom. The van der Waals surface area contributed by atoms with E-state index in [2.05, 4.69) is 0 Å². The molecule has 0 aromatic heterocycles. The number of aliphatic hydroxyl groups excluding tert-OH is 1. The fourth-order valence-corrected chi connectivity index (χ4v) is 1.57. The van der Waals surface area contributed by atoms with Crippen molar-refractivity contribution in [2.45, 2.75) is 25.6 Å². The van der Waals surface area contributed by atoms with Gasteiger partial charge in [0, 0.05) is 0 Å². The maximum atomic E-state index is 12.5. The van der Waals surface area contributed by atoms with Gasteiger partial charge in [-0.2, -0.15) is 13.2 Å². The predicted molar refractivity (Wildman–Crippen MR) is 53.5 cm³/mol. The van der Waals surface area contributed by atoms with E-state index in [1.54, 1.807) is 0 Å². The van der Waals surface area contributed by atoms with Crippen LogP contribution in [0.2, 0.25) is 5.02 Å². The molecule has 2 N–H and O–H groups in total. The molecular weight excluding hydrogens is 245 g/mol. The Balaban J connectivity index is 3.23. The topological polar surface area (TPSA) is 40.5 Å². The van der Waals surface area contributed by atoms with Crippen LogP contribution in [0.1, 0.15) is 18.1 Å². The first-order valence-electron chi connectivity index (χ1n) is 4.48. The number of benzene rings is 1. The summed E-state index contributed by atoms with van der Waals surface area (Å²) in [5.74, 6) is -0.983. The molecule has 1 unspecified atom stereocenters. The van der Waals surface area contributed by atoms with Crippen LogP contribution in [0.4, 0.5) is 13.2 Å². The number of rotatable bonds is 2. The lowest BCUT2D eigenvalue weighted by atomic mass is 10.0. The average Bonchev–Trinajstić information content (AvgIpc) is 2.08. The van der Waals surface area contributed by atoms with E-state index in [0.717, 1.165) is 6.07 Å². The summed E-state index contributed by atoms with van der Waals surface area (Å²) in [6, 6.07) is 1.99. The van der Waals surface area contributed by atoms with Gasteiger partial charge in [0.1, 0.15) is 5.75 Å². The molecule has 0 aliphatic rings. The zero-order valence-corrected chi connectivity index (χ0v) is 9.10. The second-order valence-electron chi connectivity index (χ2n) is 3.52. The largest absolute Gasteiger partial charge is 0.506 e. The Kier molecular flexibility index (Phi) is 3.70. The molecule has 0 saturated carbocycles. The highest BCUT2D eigenvalue weighted by molar-refractivity contribution is 6.32. The van der Waals surface area contributed by atoms with Gasteiger partial charge < -0.3 is 10.2 Å². The highest BCUT2D eigenvalue weighted by Gasteiger charge is 2.35. The maximum absolute atomic E-state index is 12.5. The molecule has 0 bridgehead atoms. The van der Waals surface area contributed by atoms with Gasteiger partial charge in [-0.3, -0.25) is 0 Å². The van der Waals surface area contributed by atoms with Crippen molar-refractivity contribution >= 4 is 11.6 Å². The summed E-state index contributed by atoms with van der Waals surface area (Å²) < 4.78 is 37.4. The smallest absolute Gasteiger partial charge is 0.420 e. The minimum atomic E-state index is -4.66. The van der Waals surface area contributed by atoms with Crippen molar-refractivity contribution in [3.8, 4) is 5.75 Å². The zero-order valence-electron chi connectivity index (χ0n) is 8.35. The summed E-state index contributed by atoms with van der Waals surface area (Å²) in [5, 5.41) is 17.9. The van der Waals surface area contributed by atoms with Gasteiger partial charge in [-0.15, -0.1) is 0 Å². The van der Waals surface area contributed by atoms with Crippen LogP contribution in [0.25, 0.3) is 0 Å². The lowest BCUT2D eigenvalue weighted by Gasteiger charge is -2.13. The molecule has 0 aliphatic heterocycles. The molecule has 0 spiro atoms. The molecule has 1 aromatic carbocycles. The van der Waals surface area contributed by atoms with Crippen molar-refractivity contribution < 1.29 is 23.4 Å². The summed E-state index contributed by atoms with van der Waals surface area (Å²) in [6.45, 7) is 1.45. The SMILES string of the molecule is CC(O)Cc1cc(Cl)c(O)c(C(F)(F)F)c1. The van der Waals surface area contributed by atoms with E-state index >= 15 is 0 Å². The van der Waals surface area contributed by atoms with Crippen molar-refractivity contribution in [3.63, 3.8) is 0 Å². The molecule has 0 radical (unpaired) electrons. The van der Waals surface area contributed by atoms with Crippen molar-refractivity contribution in [3.05, 3.63) is 28.3 Å². The molecule has 0 amide bonds. The van der Waals surface area contributed by atoms with Gasteiger partial charge in [0.25, 0.3) is 0 Å². The monoisotopic (exact) mass is 254 g/mol. The molecule has 0 saturated heterocycles. The van der Waals surface area contributed by atoms with E-state index in [4.69, 9.17) is 16.7 Å². The number of halogens is 4. The summed E-state index contributed by atoms with van der Waals surface area (Å²) in [5.41, 5.74) is -0.958. The van der Waals surface area contributed by atoms with Crippen molar-refractivity contribution in [1.29, 1.82) is 0 Å². The molecule has 0 heterocycles. The van der Waals surface area contributed by atoms with Gasteiger partial charge >= 0.3 is 6.18 Å². The predicted octanol–water partition coefficient (Wildman–Crippen LogP) is 2.99. The summed E-state index contributed by atoms with van der Waals surface area (Å²) >= 11 is 5.48. The fourth-order valence-electron chi connectivity index (χ4n) is 1.33. The standard InChI is InChI=1S/C10H10ClF3O2/c1-5(15)2-6-3-7(10(12,13)14)9(16)8(11)4-6/h3-5,15-16H,2H2,1H3. The van der Waals surface area contributed by atoms with Gasteiger partial charge in [-0.05, 0) is 31.0 Å². The zero-order chi connectivity index (χ0) is 12.5. The molecule has 2 nitrogen and oxygen atoms in total. The molecule has 16 heavy (non-hydrogen) atoms. The first-order chi connectivity index (χ1) is 7.21. The molecule has 0 aliphatic carbocycles. The molecule has 1 rings (SSSR count). The Bertz CT molecular complexity index is 388. The van der Waals surface area contributed by atoms with Gasteiger partial charge in [0.2, 0.25) is 0 Å². The Labute approximate surface area is 95.3 Å². The number of hydrogen-bond donors (Lipinski definition) is 2. The minimum absolute atomic E-state index is 0.0447. The van der Waals surface area contributed by atoms with Gasteiger partial charge in [-0.1, -0.05) is 11.6 Å². The number of aliphatic hydroxyl groups is 1. The average molecular weight is 255 g/mol. The second-order valence-corrected chi connectivity index (χ2v) is 3.93. The molecule has 1 atom stereocenters. The number of aromatic hydroxyl groups is 1. The lowest BCUT2D eigenvalue weighted by molar-refractivity contribution is -0.138. The highest BCUT2D eigenvalue weighted by Crippen LogP contribution is 2.40. The van der Waals surface area contributed by atoms with E-state index < -0.39 is 23.6 Å². The molecule has 6 heteroatoms. The maximum Gasteiger partial charge on any atom is 0.420 e. The normalized spacial score (nSPS) is 13.9. The van der Waals surface area contributed by atoms with Crippen LogP contribution in [0.15, 0.2) is 12.1 Å². The summed E-state index contributed by atoms with van der Waals surface area (Å²) in [6.07, 6.45) is -5.40. The number of phenols is 1. The Morgan fingerprint density at radius 3 is 2.38 bits per heavy atom. The first kappa shape index (κ1) is 13.1. The number of alkyl halides is 3. The molecular formula is C10H10ClF3O2. The molecule has 90 valence electrons. The first-order valence-corrected chi connectivity index (χ1v) is 4.86. The van der Waals surface area contributed by atoms with Crippen molar-refractivity contribution in [1.82, 2.24) is 0 Å².